The molecule has 1 saturated heterocycles. The first-order valence-corrected chi connectivity index (χ1v) is 10.1. The fourth-order valence-corrected chi connectivity index (χ4v) is 3.66. The van der Waals surface area contributed by atoms with Gasteiger partial charge in [0.05, 0.1) is 29.0 Å². The van der Waals surface area contributed by atoms with Gasteiger partial charge in [0.15, 0.2) is 5.65 Å². The highest BCUT2D eigenvalue weighted by molar-refractivity contribution is 6.10. The van der Waals surface area contributed by atoms with Gasteiger partial charge in [-0.1, -0.05) is 18.2 Å². The molecular formula is C22H21N7O2. The molecule has 1 aliphatic heterocycles. The molecule has 1 fully saturated rings. The summed E-state index contributed by atoms with van der Waals surface area (Å²) in [5, 5.41) is 7.37. The van der Waals surface area contributed by atoms with Crippen LogP contribution in [0.4, 0.5) is 5.82 Å². The van der Waals surface area contributed by atoms with E-state index in [9.17, 15) is 4.79 Å². The number of hydrogen-bond donors (Lipinski definition) is 2. The fraction of sp³-hybridized carbons (Fsp3) is 0.227. The number of nitrogen functional groups attached to an aromatic ring is 1. The summed E-state index contributed by atoms with van der Waals surface area (Å²) in [4.78, 5) is 26.6. The van der Waals surface area contributed by atoms with Crippen LogP contribution < -0.4 is 11.1 Å². The maximum Gasteiger partial charge on any atom is 0.257 e. The van der Waals surface area contributed by atoms with Crippen LogP contribution >= 0.6 is 0 Å². The molecule has 5 rings (SSSR count). The normalized spacial score (nSPS) is 16.5. The van der Waals surface area contributed by atoms with Crippen LogP contribution in [0.2, 0.25) is 0 Å². The van der Waals surface area contributed by atoms with Gasteiger partial charge >= 0.3 is 0 Å². The summed E-state index contributed by atoms with van der Waals surface area (Å²) >= 11 is 0. The summed E-state index contributed by atoms with van der Waals surface area (Å²) in [6.45, 7) is 1.14. The minimum Gasteiger partial charge on any atom is -0.383 e. The number of amides is 1. The third-order valence-corrected chi connectivity index (χ3v) is 5.21. The number of nitrogens with zero attached hydrogens (tertiary/aromatic N) is 5. The largest absolute Gasteiger partial charge is 0.383 e. The van der Waals surface area contributed by atoms with E-state index in [-0.39, 0.29) is 23.4 Å². The van der Waals surface area contributed by atoms with E-state index in [0.29, 0.717) is 34.4 Å². The Morgan fingerprint density at radius 2 is 2.03 bits per heavy atom. The van der Waals surface area contributed by atoms with E-state index in [0.717, 1.165) is 19.4 Å². The van der Waals surface area contributed by atoms with Crippen LogP contribution in [0.5, 0.6) is 0 Å². The molecule has 0 bridgehead atoms. The number of rotatable bonds is 5. The predicted molar refractivity (Wildman–Crippen MR) is 118 cm³/mol. The summed E-state index contributed by atoms with van der Waals surface area (Å²) < 4.78 is 7.03. The highest BCUT2D eigenvalue weighted by Gasteiger charge is 2.25. The minimum atomic E-state index is -0.325. The molecule has 0 saturated carbocycles. The van der Waals surface area contributed by atoms with Crippen molar-refractivity contribution in [2.45, 2.75) is 18.9 Å². The second-order valence-electron chi connectivity index (χ2n) is 7.30. The number of aromatic nitrogens is 4. The number of para-hydroxylation sites is 2. The quantitative estimate of drug-likeness (QED) is 0.483. The number of fused-ring (bicyclic) bond motifs is 2. The van der Waals surface area contributed by atoms with Gasteiger partial charge in [0, 0.05) is 19.3 Å². The van der Waals surface area contributed by atoms with Crippen LogP contribution in [0.1, 0.15) is 28.9 Å². The number of carbonyl (C=O) groups is 1. The number of benzene rings is 1. The molecule has 1 amide bonds. The van der Waals surface area contributed by atoms with Crippen molar-refractivity contribution in [1.29, 1.82) is 0 Å². The Hall–Kier alpha value is -3.85. The van der Waals surface area contributed by atoms with E-state index in [4.69, 9.17) is 10.5 Å². The average molecular weight is 415 g/mol. The summed E-state index contributed by atoms with van der Waals surface area (Å²) in [6.07, 6.45) is 5.20. The molecule has 4 heterocycles. The molecule has 31 heavy (non-hydrogen) atoms. The zero-order chi connectivity index (χ0) is 21.2. The van der Waals surface area contributed by atoms with Crippen molar-refractivity contribution >= 4 is 40.1 Å². The Bertz CT molecular complexity index is 1280. The van der Waals surface area contributed by atoms with Crippen molar-refractivity contribution in [3.8, 4) is 0 Å². The molecule has 0 radical (unpaired) electrons. The summed E-state index contributed by atoms with van der Waals surface area (Å²) in [6, 6.07) is 13.0. The van der Waals surface area contributed by atoms with E-state index < -0.39 is 0 Å². The number of ether oxygens (including phenoxy) is 1. The predicted octanol–water partition coefficient (Wildman–Crippen LogP) is 2.35. The molecule has 3 aromatic heterocycles. The lowest BCUT2D eigenvalue weighted by atomic mass is 10.2. The lowest BCUT2D eigenvalue weighted by Gasteiger charge is -2.10. The molecule has 1 aromatic carbocycles. The van der Waals surface area contributed by atoms with Gasteiger partial charge in [-0.05, 0) is 37.1 Å². The number of carbonyl (C=O) groups excluding carboxylic acids is 1. The smallest absolute Gasteiger partial charge is 0.257 e. The van der Waals surface area contributed by atoms with Crippen molar-refractivity contribution < 1.29 is 9.53 Å². The molecule has 9 heteroatoms. The van der Waals surface area contributed by atoms with Gasteiger partial charge in [0.25, 0.3) is 5.91 Å². The van der Waals surface area contributed by atoms with E-state index in [1.807, 2.05) is 42.5 Å². The summed E-state index contributed by atoms with van der Waals surface area (Å²) in [7, 11) is 0. The molecule has 0 spiro atoms. The standard InChI is InChI=1S/C22H21N7O2/c23-20-18(22(30)25-13-15-7-5-11-31-15)19-21(28-17-9-2-1-8-16(17)27-19)29(20)26-12-14-6-3-4-10-24-14/h1-4,6,8-10,12,15H,5,7,11,13,23H2,(H,25,30)/b26-12-/t15-/m1/s1. The number of nitrogens with one attached hydrogen (secondary N) is 1. The van der Waals surface area contributed by atoms with Gasteiger partial charge < -0.3 is 15.8 Å². The molecule has 4 aromatic rings. The third kappa shape index (κ3) is 3.71. The Kier molecular flexibility index (Phi) is 5.01. The highest BCUT2D eigenvalue weighted by atomic mass is 16.5. The SMILES string of the molecule is Nc1c(C(=O)NC[C@H]2CCCO2)c2nc3ccccc3nc2n1/N=C\c1ccccn1. The summed E-state index contributed by atoms with van der Waals surface area (Å²) in [5.41, 5.74) is 9.47. The van der Waals surface area contributed by atoms with Gasteiger partial charge in [0.1, 0.15) is 16.9 Å². The lowest BCUT2D eigenvalue weighted by molar-refractivity contribution is 0.0859. The van der Waals surface area contributed by atoms with Crippen LogP contribution in [-0.4, -0.2) is 51.0 Å². The number of pyridine rings is 1. The van der Waals surface area contributed by atoms with Gasteiger partial charge in [-0.25, -0.2) is 9.97 Å². The molecule has 156 valence electrons. The maximum absolute atomic E-state index is 13.1. The second kappa shape index (κ2) is 8.11. The van der Waals surface area contributed by atoms with E-state index >= 15 is 0 Å². The first-order chi connectivity index (χ1) is 15.2. The van der Waals surface area contributed by atoms with Crippen molar-refractivity contribution in [2.24, 2.45) is 5.10 Å². The zero-order valence-electron chi connectivity index (χ0n) is 16.7. The van der Waals surface area contributed by atoms with Crippen LogP contribution in [0.15, 0.2) is 53.8 Å². The topological polar surface area (TPSA) is 120 Å². The van der Waals surface area contributed by atoms with E-state index in [2.05, 4.69) is 25.4 Å². The molecule has 1 aliphatic rings. The number of hydrogen-bond acceptors (Lipinski definition) is 7. The number of nitrogens with two attached hydrogens (primary N) is 1. The van der Waals surface area contributed by atoms with E-state index in [1.54, 1.807) is 12.4 Å². The van der Waals surface area contributed by atoms with Crippen LogP contribution in [-0.2, 0) is 4.74 Å². The lowest BCUT2D eigenvalue weighted by Crippen LogP contribution is -2.32. The van der Waals surface area contributed by atoms with Gasteiger partial charge in [0.2, 0.25) is 0 Å². The van der Waals surface area contributed by atoms with Gasteiger partial charge in [-0.2, -0.15) is 9.78 Å². The highest BCUT2D eigenvalue weighted by Crippen LogP contribution is 2.28. The van der Waals surface area contributed by atoms with Crippen molar-refractivity contribution in [3.05, 3.63) is 59.9 Å². The monoisotopic (exact) mass is 415 g/mol. The maximum atomic E-state index is 13.1. The summed E-state index contributed by atoms with van der Waals surface area (Å²) in [5.74, 6) is -0.156. The minimum absolute atomic E-state index is 0.0209. The zero-order valence-corrected chi connectivity index (χ0v) is 16.7. The van der Waals surface area contributed by atoms with Crippen molar-refractivity contribution in [2.75, 3.05) is 18.9 Å². The van der Waals surface area contributed by atoms with Crippen LogP contribution in [0.25, 0.3) is 22.2 Å². The Morgan fingerprint density at radius 3 is 2.77 bits per heavy atom. The van der Waals surface area contributed by atoms with Crippen molar-refractivity contribution in [1.82, 2.24) is 24.9 Å². The number of anilines is 1. The molecule has 0 aliphatic carbocycles. The van der Waals surface area contributed by atoms with Gasteiger partial charge in [-0.15, -0.1) is 0 Å². The second-order valence-corrected chi connectivity index (χ2v) is 7.30. The van der Waals surface area contributed by atoms with E-state index in [1.165, 1.54) is 4.68 Å². The molecule has 0 unspecified atom stereocenters. The molecule has 3 N–H and O–H groups in total. The Balaban J connectivity index is 1.59. The Labute approximate surface area is 178 Å². The van der Waals surface area contributed by atoms with Crippen LogP contribution in [0.3, 0.4) is 0 Å². The molecular weight excluding hydrogens is 394 g/mol. The van der Waals surface area contributed by atoms with Crippen molar-refractivity contribution in [3.63, 3.8) is 0 Å². The average Bonchev–Trinajstić information content (AvgIpc) is 3.41. The molecule has 9 nitrogen and oxygen atoms in total. The van der Waals surface area contributed by atoms with Gasteiger partial charge in [-0.3, -0.25) is 9.78 Å². The fourth-order valence-electron chi connectivity index (χ4n) is 3.66. The first kappa shape index (κ1) is 19.1. The third-order valence-electron chi connectivity index (χ3n) is 5.21. The van der Waals surface area contributed by atoms with Crippen LogP contribution in [0, 0.1) is 0 Å². The molecule has 1 atom stereocenters. The Morgan fingerprint density at radius 1 is 1.23 bits per heavy atom. The first-order valence-electron chi connectivity index (χ1n) is 10.1.